The summed E-state index contributed by atoms with van der Waals surface area (Å²) < 4.78 is 29.8. The standard InChI is InChI=1S/C23H25N5O3S/c1-19(2)28-22(14-16-25-28)27(32(30,31)21-12-7-4-8-13-21)18-23(29)26(17-9-15-24)20-10-5-3-6-11-20/h3-8,10-14,16,19H,9,17-18H2,1-2H3. The molecule has 0 fully saturated rings. The highest BCUT2D eigenvalue weighted by molar-refractivity contribution is 7.92. The van der Waals surface area contributed by atoms with Crippen LogP contribution >= 0.6 is 0 Å². The maximum Gasteiger partial charge on any atom is 0.265 e. The SMILES string of the molecule is CC(C)n1nccc1N(CC(=O)N(CCC#N)c1ccccc1)S(=O)(=O)c1ccccc1. The molecule has 32 heavy (non-hydrogen) atoms. The number of hydrogen-bond donors (Lipinski definition) is 0. The molecular weight excluding hydrogens is 426 g/mol. The van der Waals surface area contributed by atoms with Gasteiger partial charge in [0.1, 0.15) is 12.4 Å². The zero-order valence-corrected chi connectivity index (χ0v) is 18.8. The Morgan fingerprint density at radius 1 is 1.06 bits per heavy atom. The Bertz CT molecular complexity index is 1190. The summed E-state index contributed by atoms with van der Waals surface area (Å²) in [6.45, 7) is 3.49. The molecule has 3 rings (SSSR count). The van der Waals surface area contributed by atoms with Crippen molar-refractivity contribution >= 4 is 27.4 Å². The topological polar surface area (TPSA) is 99.3 Å². The van der Waals surface area contributed by atoms with Crippen molar-refractivity contribution in [2.24, 2.45) is 0 Å². The number of hydrogen-bond acceptors (Lipinski definition) is 5. The van der Waals surface area contributed by atoms with E-state index < -0.39 is 22.5 Å². The highest BCUT2D eigenvalue weighted by atomic mass is 32.2. The molecule has 3 aromatic rings. The third-order valence-electron chi connectivity index (χ3n) is 4.82. The van der Waals surface area contributed by atoms with Gasteiger partial charge < -0.3 is 4.90 Å². The molecule has 0 spiro atoms. The first-order valence-electron chi connectivity index (χ1n) is 10.2. The van der Waals surface area contributed by atoms with Crippen LogP contribution in [0.4, 0.5) is 11.5 Å². The molecule has 9 heteroatoms. The molecule has 1 heterocycles. The lowest BCUT2D eigenvalue weighted by Crippen LogP contribution is -2.44. The Balaban J connectivity index is 2.04. The Labute approximate surface area is 188 Å². The zero-order chi connectivity index (χ0) is 23.1. The predicted molar refractivity (Wildman–Crippen MR) is 123 cm³/mol. The van der Waals surface area contributed by atoms with Crippen LogP contribution in [0.1, 0.15) is 26.3 Å². The number of para-hydroxylation sites is 1. The molecular formula is C23H25N5O3S. The van der Waals surface area contributed by atoms with Crippen molar-refractivity contribution in [3.8, 4) is 6.07 Å². The van der Waals surface area contributed by atoms with E-state index in [2.05, 4.69) is 5.10 Å². The van der Waals surface area contributed by atoms with Crippen LogP contribution in [0.2, 0.25) is 0 Å². The Kier molecular flexibility index (Phi) is 7.28. The van der Waals surface area contributed by atoms with Gasteiger partial charge >= 0.3 is 0 Å². The summed E-state index contributed by atoms with van der Waals surface area (Å²) in [5.41, 5.74) is 0.599. The molecule has 0 saturated carbocycles. The minimum atomic E-state index is -4.05. The summed E-state index contributed by atoms with van der Waals surface area (Å²) in [6, 6.07) is 20.4. The van der Waals surface area contributed by atoms with E-state index in [1.54, 1.807) is 53.2 Å². The van der Waals surface area contributed by atoms with Crippen molar-refractivity contribution in [2.75, 3.05) is 22.3 Å². The molecule has 0 aliphatic rings. The van der Waals surface area contributed by atoms with Gasteiger partial charge in [0.25, 0.3) is 10.0 Å². The molecule has 0 saturated heterocycles. The van der Waals surface area contributed by atoms with Gasteiger partial charge in [-0.1, -0.05) is 36.4 Å². The van der Waals surface area contributed by atoms with E-state index in [9.17, 15) is 13.2 Å². The van der Waals surface area contributed by atoms with Crippen molar-refractivity contribution in [1.29, 1.82) is 5.26 Å². The zero-order valence-electron chi connectivity index (χ0n) is 18.0. The Hall–Kier alpha value is -3.64. The van der Waals surface area contributed by atoms with Crippen molar-refractivity contribution in [3.63, 3.8) is 0 Å². The van der Waals surface area contributed by atoms with Crippen LogP contribution in [0.5, 0.6) is 0 Å². The van der Waals surface area contributed by atoms with Crippen LogP contribution in [-0.2, 0) is 14.8 Å². The molecule has 0 bridgehead atoms. The quantitative estimate of drug-likeness (QED) is 0.495. The monoisotopic (exact) mass is 451 g/mol. The summed E-state index contributed by atoms with van der Waals surface area (Å²) in [5, 5.41) is 13.3. The summed E-state index contributed by atoms with van der Waals surface area (Å²) in [4.78, 5) is 14.9. The molecule has 8 nitrogen and oxygen atoms in total. The molecule has 0 N–H and O–H groups in total. The highest BCUT2D eigenvalue weighted by Gasteiger charge is 2.31. The van der Waals surface area contributed by atoms with Crippen LogP contribution in [0, 0.1) is 11.3 Å². The fourth-order valence-corrected chi connectivity index (χ4v) is 4.71. The van der Waals surface area contributed by atoms with Crippen LogP contribution in [0.25, 0.3) is 0 Å². The van der Waals surface area contributed by atoms with Crippen molar-refractivity contribution < 1.29 is 13.2 Å². The average molecular weight is 452 g/mol. The number of benzene rings is 2. The van der Waals surface area contributed by atoms with Crippen molar-refractivity contribution in [1.82, 2.24) is 9.78 Å². The third kappa shape index (κ3) is 4.98. The van der Waals surface area contributed by atoms with Crippen LogP contribution < -0.4 is 9.21 Å². The second kappa shape index (κ2) is 10.1. The van der Waals surface area contributed by atoms with Gasteiger partial charge in [0, 0.05) is 24.3 Å². The highest BCUT2D eigenvalue weighted by Crippen LogP contribution is 2.26. The average Bonchev–Trinajstić information content (AvgIpc) is 3.29. The lowest BCUT2D eigenvalue weighted by Gasteiger charge is -2.29. The van der Waals surface area contributed by atoms with E-state index in [0.29, 0.717) is 11.5 Å². The summed E-state index contributed by atoms with van der Waals surface area (Å²) in [6.07, 6.45) is 1.63. The molecule has 1 amide bonds. The van der Waals surface area contributed by atoms with Gasteiger partial charge in [-0.25, -0.2) is 17.4 Å². The third-order valence-corrected chi connectivity index (χ3v) is 6.58. The minimum Gasteiger partial charge on any atom is -0.310 e. The van der Waals surface area contributed by atoms with Crippen LogP contribution in [0.15, 0.2) is 77.8 Å². The van der Waals surface area contributed by atoms with Gasteiger partial charge in [-0.3, -0.25) is 4.79 Å². The van der Waals surface area contributed by atoms with E-state index in [4.69, 9.17) is 5.26 Å². The molecule has 0 radical (unpaired) electrons. The minimum absolute atomic E-state index is 0.0765. The first-order valence-corrected chi connectivity index (χ1v) is 11.6. The number of nitrogens with zero attached hydrogens (tertiary/aromatic N) is 5. The van der Waals surface area contributed by atoms with Gasteiger partial charge in [0.05, 0.1) is 23.6 Å². The normalized spacial score (nSPS) is 11.2. The Morgan fingerprint density at radius 3 is 2.28 bits per heavy atom. The summed E-state index contributed by atoms with van der Waals surface area (Å²) >= 11 is 0. The van der Waals surface area contributed by atoms with Gasteiger partial charge in [0.2, 0.25) is 5.91 Å². The number of nitriles is 1. The van der Waals surface area contributed by atoms with Gasteiger partial charge in [0.15, 0.2) is 0 Å². The van der Waals surface area contributed by atoms with Crippen LogP contribution in [0.3, 0.4) is 0 Å². The second-order valence-corrected chi connectivity index (χ2v) is 9.20. The summed E-state index contributed by atoms with van der Waals surface area (Å²) in [7, 11) is -4.05. The van der Waals surface area contributed by atoms with E-state index in [0.717, 1.165) is 4.31 Å². The number of carbonyl (C=O) groups excluding carboxylic acids is 1. The maximum absolute atomic E-state index is 13.6. The van der Waals surface area contributed by atoms with E-state index in [1.807, 2.05) is 26.0 Å². The van der Waals surface area contributed by atoms with Crippen LogP contribution in [-0.4, -0.2) is 37.2 Å². The molecule has 166 valence electrons. The number of anilines is 2. The van der Waals surface area contributed by atoms with Gasteiger partial charge in [-0.15, -0.1) is 0 Å². The number of sulfonamides is 1. The fourth-order valence-electron chi connectivity index (χ4n) is 3.29. The maximum atomic E-state index is 13.6. The lowest BCUT2D eigenvalue weighted by atomic mass is 10.2. The largest absolute Gasteiger partial charge is 0.310 e. The van der Waals surface area contributed by atoms with Crippen molar-refractivity contribution in [3.05, 3.63) is 72.9 Å². The first-order chi connectivity index (χ1) is 15.4. The fraction of sp³-hybridized carbons (Fsp3) is 0.261. The smallest absolute Gasteiger partial charge is 0.265 e. The van der Waals surface area contributed by atoms with Gasteiger partial charge in [-0.2, -0.15) is 10.4 Å². The molecule has 1 aromatic heterocycles. The molecule has 0 atom stereocenters. The number of aromatic nitrogens is 2. The van der Waals surface area contributed by atoms with E-state index in [1.165, 1.54) is 23.2 Å². The first kappa shape index (κ1) is 23.0. The Morgan fingerprint density at radius 2 is 1.69 bits per heavy atom. The number of rotatable bonds is 9. The van der Waals surface area contributed by atoms with Gasteiger partial charge in [-0.05, 0) is 38.1 Å². The van der Waals surface area contributed by atoms with E-state index in [-0.39, 0.29) is 23.9 Å². The lowest BCUT2D eigenvalue weighted by molar-refractivity contribution is -0.117. The van der Waals surface area contributed by atoms with Crippen molar-refractivity contribution in [2.45, 2.75) is 31.2 Å². The number of amides is 1. The second-order valence-electron chi connectivity index (χ2n) is 7.34. The summed E-state index contributed by atoms with van der Waals surface area (Å²) in [5.74, 6) is -0.145. The predicted octanol–water partition coefficient (Wildman–Crippen LogP) is 3.61. The number of carbonyl (C=O) groups is 1. The molecule has 0 aliphatic heterocycles. The van der Waals surface area contributed by atoms with E-state index >= 15 is 0 Å². The molecule has 0 aliphatic carbocycles. The molecule has 0 unspecified atom stereocenters. The molecule has 2 aromatic carbocycles.